The molecule has 0 radical (unpaired) electrons. The normalized spacial score (nSPS) is 11.3. The highest BCUT2D eigenvalue weighted by atomic mass is 79.9. The second-order valence-electron chi connectivity index (χ2n) is 6.30. The summed E-state index contributed by atoms with van der Waals surface area (Å²) in [5, 5.41) is 10.3. The molecule has 2 aromatic rings. The second kappa shape index (κ2) is 11.3. The zero-order valence-electron chi connectivity index (χ0n) is 14.7. The summed E-state index contributed by atoms with van der Waals surface area (Å²) in [5.41, 5.74) is 1.37. The molecule has 0 saturated carbocycles. The van der Waals surface area contributed by atoms with E-state index in [9.17, 15) is 5.11 Å². The van der Waals surface area contributed by atoms with Crippen LogP contribution in [0.1, 0.15) is 71.1 Å². The number of aromatic hydroxyl groups is 1. The summed E-state index contributed by atoms with van der Waals surface area (Å²) in [5.74, 6) is 0.530. The third-order valence-electron chi connectivity index (χ3n) is 4.27. The summed E-state index contributed by atoms with van der Waals surface area (Å²) < 4.78 is 15.4. The van der Waals surface area contributed by atoms with Crippen molar-refractivity contribution in [1.82, 2.24) is 8.75 Å². The fourth-order valence-corrected chi connectivity index (χ4v) is 4.62. The summed E-state index contributed by atoms with van der Waals surface area (Å²) in [7, 11) is 0. The van der Waals surface area contributed by atoms with Crippen molar-refractivity contribution in [2.45, 2.75) is 71.1 Å². The SMILES string of the molecule is CCCCCCCCCCCCOc1c(O)c(Br)c2nsnc2c1Br. The fraction of sp³-hybridized carbons (Fsp3) is 0.667. The lowest BCUT2D eigenvalue weighted by Gasteiger charge is -2.11. The van der Waals surface area contributed by atoms with E-state index in [1.165, 1.54) is 51.4 Å². The topological polar surface area (TPSA) is 55.2 Å². The number of aromatic nitrogens is 2. The molecule has 1 aromatic heterocycles. The van der Waals surface area contributed by atoms with Crippen molar-refractivity contribution in [3.05, 3.63) is 8.95 Å². The first-order valence-electron chi connectivity index (χ1n) is 9.11. The largest absolute Gasteiger partial charge is 0.503 e. The molecule has 25 heavy (non-hydrogen) atoms. The molecule has 0 atom stereocenters. The standard InChI is InChI=1S/C18H26Br2N2O2S/c1-2-3-4-5-6-7-8-9-10-11-12-24-18-14(20)16-15(21-25-22-16)13(19)17(18)23/h23H,2-12H2,1H3. The molecule has 1 N–H and O–H groups in total. The molecule has 7 heteroatoms. The van der Waals surface area contributed by atoms with Gasteiger partial charge >= 0.3 is 0 Å². The van der Waals surface area contributed by atoms with Crippen LogP contribution in [0, 0.1) is 0 Å². The number of hydrogen-bond acceptors (Lipinski definition) is 5. The minimum Gasteiger partial charge on any atom is -0.503 e. The molecule has 0 amide bonds. The Morgan fingerprint density at radius 1 is 0.840 bits per heavy atom. The first-order chi connectivity index (χ1) is 12.2. The predicted octanol–water partition coefficient (Wildman–Crippen LogP) is 7.22. The summed E-state index contributed by atoms with van der Waals surface area (Å²) in [4.78, 5) is 0. The van der Waals surface area contributed by atoms with Crippen molar-refractivity contribution in [2.24, 2.45) is 0 Å². The molecule has 1 aromatic carbocycles. The Hall–Kier alpha value is -0.400. The van der Waals surface area contributed by atoms with Gasteiger partial charge in [0.15, 0.2) is 11.5 Å². The van der Waals surface area contributed by atoms with E-state index in [4.69, 9.17) is 4.74 Å². The summed E-state index contributed by atoms with van der Waals surface area (Å²) in [6.45, 7) is 2.85. The van der Waals surface area contributed by atoms with Gasteiger partial charge < -0.3 is 9.84 Å². The van der Waals surface area contributed by atoms with E-state index in [0.717, 1.165) is 24.6 Å². The highest BCUT2D eigenvalue weighted by Gasteiger charge is 2.20. The highest BCUT2D eigenvalue weighted by Crippen LogP contribution is 2.46. The van der Waals surface area contributed by atoms with E-state index < -0.39 is 0 Å². The van der Waals surface area contributed by atoms with E-state index in [2.05, 4.69) is 47.5 Å². The minimum atomic E-state index is 0.0826. The average Bonchev–Trinajstić information content (AvgIpc) is 3.10. The summed E-state index contributed by atoms with van der Waals surface area (Å²) in [6, 6.07) is 0. The van der Waals surface area contributed by atoms with Gasteiger partial charge in [0.1, 0.15) is 11.0 Å². The maximum absolute atomic E-state index is 10.3. The lowest BCUT2D eigenvalue weighted by atomic mass is 10.1. The first-order valence-corrected chi connectivity index (χ1v) is 11.4. The van der Waals surface area contributed by atoms with Crippen LogP contribution in [0.3, 0.4) is 0 Å². The molecule has 1 heterocycles. The molecule has 0 fully saturated rings. The van der Waals surface area contributed by atoms with Crippen molar-refractivity contribution < 1.29 is 9.84 Å². The van der Waals surface area contributed by atoms with Crippen LogP contribution < -0.4 is 4.74 Å². The van der Waals surface area contributed by atoms with Gasteiger partial charge in [-0.15, -0.1) is 0 Å². The molecular formula is C18H26Br2N2O2S. The molecule has 4 nitrogen and oxygen atoms in total. The molecule has 0 spiro atoms. The number of halogens is 2. The van der Waals surface area contributed by atoms with Gasteiger partial charge in [-0.1, -0.05) is 64.7 Å². The lowest BCUT2D eigenvalue weighted by molar-refractivity contribution is 0.287. The zero-order chi connectivity index (χ0) is 18.1. The number of nitrogens with zero attached hydrogens (tertiary/aromatic N) is 2. The first kappa shape index (κ1) is 20.9. The Morgan fingerprint density at radius 3 is 1.96 bits per heavy atom. The molecule has 0 aliphatic heterocycles. The van der Waals surface area contributed by atoms with E-state index >= 15 is 0 Å². The van der Waals surface area contributed by atoms with Crippen molar-refractivity contribution in [3.63, 3.8) is 0 Å². The number of benzene rings is 1. The summed E-state index contributed by atoms with van der Waals surface area (Å²) in [6.07, 6.45) is 12.9. The lowest BCUT2D eigenvalue weighted by Crippen LogP contribution is -1.99. The van der Waals surface area contributed by atoms with Crippen molar-refractivity contribution in [2.75, 3.05) is 6.61 Å². The monoisotopic (exact) mass is 492 g/mol. The average molecular weight is 494 g/mol. The van der Waals surface area contributed by atoms with Crippen LogP contribution in [-0.2, 0) is 0 Å². The highest BCUT2D eigenvalue weighted by molar-refractivity contribution is 9.11. The minimum absolute atomic E-state index is 0.0826. The Labute approximate surface area is 170 Å². The van der Waals surface area contributed by atoms with Gasteiger partial charge in [-0.3, -0.25) is 0 Å². The maximum atomic E-state index is 10.3. The quantitative estimate of drug-likeness (QED) is 0.317. The van der Waals surface area contributed by atoms with Crippen LogP contribution in [0.2, 0.25) is 0 Å². The maximum Gasteiger partial charge on any atom is 0.178 e. The number of unbranched alkanes of at least 4 members (excludes halogenated alkanes) is 9. The van der Waals surface area contributed by atoms with Crippen LogP contribution in [0.5, 0.6) is 11.5 Å². The number of hydrogen-bond donors (Lipinski definition) is 1. The van der Waals surface area contributed by atoms with Gasteiger partial charge in [-0.25, -0.2) is 0 Å². The van der Waals surface area contributed by atoms with Crippen molar-refractivity contribution in [3.8, 4) is 11.5 Å². The van der Waals surface area contributed by atoms with E-state index in [0.29, 0.717) is 32.3 Å². The smallest absolute Gasteiger partial charge is 0.178 e. The molecule has 0 aliphatic rings. The van der Waals surface area contributed by atoms with Crippen LogP contribution >= 0.6 is 43.6 Å². The Morgan fingerprint density at radius 2 is 1.36 bits per heavy atom. The van der Waals surface area contributed by atoms with Gasteiger partial charge in [0.25, 0.3) is 0 Å². The second-order valence-corrected chi connectivity index (χ2v) is 8.41. The molecular weight excluding hydrogens is 468 g/mol. The van der Waals surface area contributed by atoms with Gasteiger partial charge in [-0.2, -0.15) is 8.75 Å². The molecule has 0 saturated heterocycles. The van der Waals surface area contributed by atoms with E-state index in [-0.39, 0.29) is 5.75 Å². The third kappa shape index (κ3) is 6.07. The third-order valence-corrected chi connectivity index (χ3v) is 6.29. The summed E-state index contributed by atoms with van der Waals surface area (Å²) >= 11 is 7.96. The molecule has 0 aliphatic carbocycles. The Balaban J connectivity index is 1.66. The Kier molecular flexibility index (Phi) is 9.48. The van der Waals surface area contributed by atoms with Gasteiger partial charge in [0.2, 0.25) is 0 Å². The van der Waals surface area contributed by atoms with Crippen LogP contribution in [-0.4, -0.2) is 20.5 Å². The number of fused-ring (bicyclic) bond motifs is 1. The number of rotatable bonds is 12. The van der Waals surface area contributed by atoms with Gasteiger partial charge in [0.05, 0.1) is 27.3 Å². The van der Waals surface area contributed by atoms with Crippen molar-refractivity contribution >= 4 is 54.6 Å². The van der Waals surface area contributed by atoms with E-state index in [1.54, 1.807) is 0 Å². The molecule has 140 valence electrons. The number of phenols is 1. The number of phenolic OH excluding ortho intramolecular Hbond substituents is 1. The number of ether oxygens (including phenoxy) is 1. The van der Waals surface area contributed by atoms with E-state index in [1.807, 2.05) is 0 Å². The van der Waals surface area contributed by atoms with Crippen LogP contribution in [0.4, 0.5) is 0 Å². The van der Waals surface area contributed by atoms with Crippen molar-refractivity contribution in [1.29, 1.82) is 0 Å². The predicted molar refractivity (Wildman–Crippen MR) is 112 cm³/mol. The molecule has 0 bridgehead atoms. The zero-order valence-corrected chi connectivity index (χ0v) is 18.7. The van der Waals surface area contributed by atoms with Crippen LogP contribution in [0.15, 0.2) is 8.95 Å². The Bertz CT molecular complexity index is 664. The van der Waals surface area contributed by atoms with Crippen LogP contribution in [0.25, 0.3) is 11.0 Å². The van der Waals surface area contributed by atoms with Gasteiger partial charge in [-0.05, 0) is 38.3 Å². The fourth-order valence-electron chi connectivity index (χ4n) is 2.80. The molecule has 0 unspecified atom stereocenters. The van der Waals surface area contributed by atoms with Gasteiger partial charge in [0, 0.05) is 0 Å². The molecule has 2 rings (SSSR count).